The van der Waals surface area contributed by atoms with Crippen LogP contribution in [0.2, 0.25) is 0 Å². The molecule has 0 radical (unpaired) electrons. The molecule has 3 rings (SSSR count). The zero-order chi connectivity index (χ0) is 17.3. The van der Waals surface area contributed by atoms with Crippen LogP contribution in [0.3, 0.4) is 0 Å². The maximum atomic E-state index is 12.8. The molecule has 0 spiro atoms. The number of aryl methyl sites for hydroxylation is 2. The van der Waals surface area contributed by atoms with Gasteiger partial charge in [-0.25, -0.2) is 8.42 Å². The van der Waals surface area contributed by atoms with Crippen LogP contribution in [0.5, 0.6) is 0 Å². The Kier molecular flexibility index (Phi) is 4.53. The van der Waals surface area contributed by atoms with Gasteiger partial charge in [0.15, 0.2) is 0 Å². The Hall–Kier alpha value is -2.03. The van der Waals surface area contributed by atoms with Crippen LogP contribution >= 0.6 is 11.3 Å². The van der Waals surface area contributed by atoms with Crippen LogP contribution < -0.4 is 0 Å². The van der Waals surface area contributed by atoms with Crippen molar-refractivity contribution in [3.8, 4) is 10.7 Å². The Labute approximate surface area is 144 Å². The highest BCUT2D eigenvalue weighted by Crippen LogP contribution is 2.24. The largest absolute Gasteiger partial charge is 0.337 e. The first kappa shape index (κ1) is 16.8. The molecule has 126 valence electrons. The van der Waals surface area contributed by atoms with E-state index in [0.29, 0.717) is 16.3 Å². The first-order valence-electron chi connectivity index (χ1n) is 7.28. The van der Waals surface area contributed by atoms with Crippen molar-refractivity contribution < 1.29 is 12.9 Å². The van der Waals surface area contributed by atoms with Gasteiger partial charge < -0.3 is 4.52 Å². The van der Waals surface area contributed by atoms with E-state index in [1.807, 2.05) is 30.5 Å². The van der Waals surface area contributed by atoms with Gasteiger partial charge in [-0.1, -0.05) is 23.4 Å². The fourth-order valence-electron chi connectivity index (χ4n) is 2.25. The van der Waals surface area contributed by atoms with Gasteiger partial charge in [-0.3, -0.25) is 0 Å². The predicted molar refractivity (Wildman–Crippen MR) is 92.2 cm³/mol. The van der Waals surface area contributed by atoms with E-state index >= 15 is 0 Å². The summed E-state index contributed by atoms with van der Waals surface area (Å²) in [4.78, 5) is 5.44. The van der Waals surface area contributed by atoms with Crippen molar-refractivity contribution in [3.05, 3.63) is 52.7 Å². The van der Waals surface area contributed by atoms with E-state index in [1.54, 1.807) is 19.1 Å². The summed E-state index contributed by atoms with van der Waals surface area (Å²) in [7, 11) is -2.12. The van der Waals surface area contributed by atoms with Crippen LogP contribution in [0.1, 0.15) is 17.0 Å². The van der Waals surface area contributed by atoms with Crippen molar-refractivity contribution in [2.45, 2.75) is 25.3 Å². The minimum atomic E-state index is -3.63. The third-order valence-electron chi connectivity index (χ3n) is 3.60. The molecule has 0 saturated heterocycles. The van der Waals surface area contributed by atoms with Crippen molar-refractivity contribution in [2.24, 2.45) is 0 Å². The van der Waals surface area contributed by atoms with Gasteiger partial charge in [0.2, 0.25) is 21.7 Å². The summed E-state index contributed by atoms with van der Waals surface area (Å²) >= 11 is 1.50. The molecule has 24 heavy (non-hydrogen) atoms. The number of sulfonamides is 1. The van der Waals surface area contributed by atoms with E-state index in [-0.39, 0.29) is 12.4 Å². The molecular weight excluding hydrogens is 346 g/mol. The van der Waals surface area contributed by atoms with Gasteiger partial charge in [-0.15, -0.1) is 11.3 Å². The highest BCUT2D eigenvalue weighted by molar-refractivity contribution is 7.89. The molecule has 0 unspecified atom stereocenters. The molecular formula is C16H17N3O3S2. The molecule has 0 amide bonds. The molecule has 6 nitrogen and oxygen atoms in total. The molecule has 0 aliphatic rings. The van der Waals surface area contributed by atoms with E-state index in [4.69, 9.17) is 4.52 Å². The number of nitrogens with zero attached hydrogens (tertiary/aromatic N) is 3. The van der Waals surface area contributed by atoms with Crippen LogP contribution in [0.4, 0.5) is 0 Å². The van der Waals surface area contributed by atoms with Gasteiger partial charge in [0.1, 0.15) is 0 Å². The molecule has 0 saturated carbocycles. The standard InChI is InChI=1S/C16H17N3O3S2/c1-11-6-7-12(2)14(9-11)24(20,21)19(3)10-15-17-16(18-22-15)13-5-4-8-23-13/h4-9H,10H2,1-3H3. The Morgan fingerprint density at radius 1 is 1.25 bits per heavy atom. The third kappa shape index (κ3) is 3.26. The molecule has 0 aliphatic carbocycles. The maximum Gasteiger partial charge on any atom is 0.243 e. The van der Waals surface area contributed by atoms with Gasteiger partial charge >= 0.3 is 0 Å². The normalized spacial score (nSPS) is 12.0. The summed E-state index contributed by atoms with van der Waals surface area (Å²) in [6.07, 6.45) is 0. The summed E-state index contributed by atoms with van der Waals surface area (Å²) in [6, 6.07) is 9.15. The smallest absolute Gasteiger partial charge is 0.243 e. The van der Waals surface area contributed by atoms with Gasteiger partial charge in [0.05, 0.1) is 16.3 Å². The maximum absolute atomic E-state index is 12.8. The van der Waals surface area contributed by atoms with E-state index < -0.39 is 10.0 Å². The second-order valence-electron chi connectivity index (χ2n) is 5.52. The van der Waals surface area contributed by atoms with E-state index in [1.165, 1.54) is 22.7 Å². The fourth-order valence-corrected chi connectivity index (χ4v) is 4.33. The summed E-state index contributed by atoms with van der Waals surface area (Å²) in [5.74, 6) is 0.729. The lowest BCUT2D eigenvalue weighted by atomic mass is 10.2. The van der Waals surface area contributed by atoms with Crippen LogP contribution in [-0.4, -0.2) is 29.9 Å². The zero-order valence-electron chi connectivity index (χ0n) is 13.6. The van der Waals surface area contributed by atoms with Crippen LogP contribution in [0, 0.1) is 13.8 Å². The van der Waals surface area contributed by atoms with Crippen molar-refractivity contribution in [1.29, 1.82) is 0 Å². The van der Waals surface area contributed by atoms with Crippen LogP contribution in [0.15, 0.2) is 45.1 Å². The minimum absolute atomic E-state index is 0.0219. The van der Waals surface area contributed by atoms with Crippen molar-refractivity contribution in [2.75, 3.05) is 7.05 Å². The quantitative estimate of drug-likeness (QED) is 0.695. The topological polar surface area (TPSA) is 76.3 Å². The SMILES string of the molecule is Cc1ccc(C)c(S(=O)(=O)N(C)Cc2nc(-c3cccs3)no2)c1. The van der Waals surface area contributed by atoms with E-state index in [9.17, 15) is 8.42 Å². The van der Waals surface area contributed by atoms with Crippen molar-refractivity contribution >= 4 is 21.4 Å². The van der Waals surface area contributed by atoms with Crippen molar-refractivity contribution in [1.82, 2.24) is 14.4 Å². The number of hydrogen-bond donors (Lipinski definition) is 0. The molecule has 0 aliphatic heterocycles. The van der Waals surface area contributed by atoms with E-state index in [2.05, 4.69) is 10.1 Å². The highest BCUT2D eigenvalue weighted by Gasteiger charge is 2.25. The molecule has 2 aromatic heterocycles. The number of benzene rings is 1. The van der Waals surface area contributed by atoms with Gasteiger partial charge in [-0.2, -0.15) is 9.29 Å². The first-order valence-corrected chi connectivity index (χ1v) is 9.60. The monoisotopic (exact) mass is 363 g/mol. The lowest BCUT2D eigenvalue weighted by Crippen LogP contribution is -2.27. The molecule has 1 aromatic carbocycles. The zero-order valence-corrected chi connectivity index (χ0v) is 15.2. The number of thiophene rings is 1. The Balaban J connectivity index is 1.84. The number of hydrogen-bond acceptors (Lipinski definition) is 6. The summed E-state index contributed by atoms with van der Waals surface area (Å²) in [5, 5.41) is 5.82. The molecule has 0 N–H and O–H groups in total. The number of aromatic nitrogens is 2. The minimum Gasteiger partial charge on any atom is -0.337 e. The number of rotatable bonds is 5. The Morgan fingerprint density at radius 3 is 2.75 bits per heavy atom. The van der Waals surface area contributed by atoms with Crippen molar-refractivity contribution in [3.63, 3.8) is 0 Å². The average Bonchev–Trinajstić information content (AvgIpc) is 3.20. The first-order chi connectivity index (χ1) is 11.4. The van der Waals surface area contributed by atoms with Gasteiger partial charge in [0, 0.05) is 7.05 Å². The molecule has 3 aromatic rings. The molecule has 0 bridgehead atoms. The highest BCUT2D eigenvalue weighted by atomic mass is 32.2. The average molecular weight is 363 g/mol. The second kappa shape index (κ2) is 6.46. The molecule has 0 fully saturated rings. The summed E-state index contributed by atoms with van der Waals surface area (Å²) in [5.41, 5.74) is 1.60. The van der Waals surface area contributed by atoms with Gasteiger partial charge in [-0.05, 0) is 42.5 Å². The summed E-state index contributed by atoms with van der Waals surface area (Å²) in [6.45, 7) is 3.67. The Bertz CT molecular complexity index is 947. The van der Waals surface area contributed by atoms with Gasteiger partial charge in [0.25, 0.3) is 0 Å². The van der Waals surface area contributed by atoms with E-state index in [0.717, 1.165) is 10.4 Å². The molecule has 0 atom stereocenters. The Morgan fingerprint density at radius 2 is 2.04 bits per heavy atom. The lowest BCUT2D eigenvalue weighted by molar-refractivity contribution is 0.336. The lowest BCUT2D eigenvalue weighted by Gasteiger charge is -2.17. The summed E-state index contributed by atoms with van der Waals surface area (Å²) < 4.78 is 32.0. The molecule has 8 heteroatoms. The second-order valence-corrected chi connectivity index (χ2v) is 8.48. The van der Waals surface area contributed by atoms with Crippen LogP contribution in [0.25, 0.3) is 10.7 Å². The fraction of sp³-hybridized carbons (Fsp3) is 0.250. The molecule has 2 heterocycles. The predicted octanol–water partition coefficient (Wildman–Crippen LogP) is 3.24. The van der Waals surface area contributed by atoms with Crippen LogP contribution in [-0.2, 0) is 16.6 Å². The third-order valence-corrected chi connectivity index (χ3v) is 6.41.